The lowest BCUT2D eigenvalue weighted by atomic mass is 9.95. The number of fused-ring (bicyclic) bond motifs is 2. The van der Waals surface area contributed by atoms with E-state index in [0.717, 1.165) is 27.6 Å². The van der Waals surface area contributed by atoms with E-state index in [1.54, 1.807) is 4.90 Å². The molecule has 3 N–H and O–H groups in total. The molecule has 0 radical (unpaired) electrons. The van der Waals surface area contributed by atoms with Crippen LogP contribution in [0.15, 0.2) is 85.1 Å². The summed E-state index contributed by atoms with van der Waals surface area (Å²) in [4.78, 5) is 44.9. The first-order chi connectivity index (χ1) is 18.4. The van der Waals surface area contributed by atoms with Crippen molar-refractivity contribution in [1.82, 2.24) is 20.7 Å². The van der Waals surface area contributed by atoms with E-state index >= 15 is 0 Å². The Bertz CT molecular complexity index is 1460. The first-order valence-corrected chi connectivity index (χ1v) is 13.0. The minimum atomic E-state index is -0.775. The zero-order chi connectivity index (χ0) is 26.6. The number of nitrogens with one attached hydrogen (secondary N) is 3. The number of hydrogen-bond acceptors (Lipinski definition) is 3. The molecule has 5 rings (SSSR count). The fraction of sp³-hybridized carbons (Fsp3) is 0.258. The van der Waals surface area contributed by atoms with Gasteiger partial charge in [0.15, 0.2) is 0 Å². The van der Waals surface area contributed by atoms with E-state index in [9.17, 15) is 14.4 Å². The highest BCUT2D eigenvalue weighted by Gasteiger charge is 2.44. The maximum absolute atomic E-state index is 13.8. The Hall–Kier alpha value is -4.39. The van der Waals surface area contributed by atoms with Crippen molar-refractivity contribution in [2.24, 2.45) is 5.92 Å². The van der Waals surface area contributed by atoms with Gasteiger partial charge in [-0.05, 0) is 42.0 Å². The summed E-state index contributed by atoms with van der Waals surface area (Å²) in [6.07, 6.45) is 3.18. The van der Waals surface area contributed by atoms with Gasteiger partial charge in [0.1, 0.15) is 6.04 Å². The summed E-state index contributed by atoms with van der Waals surface area (Å²) in [5, 5.41) is 1.00. The van der Waals surface area contributed by atoms with E-state index in [0.29, 0.717) is 18.4 Å². The molecular weight excluding hydrogens is 476 g/mol. The van der Waals surface area contributed by atoms with Gasteiger partial charge in [0, 0.05) is 34.6 Å². The van der Waals surface area contributed by atoms with Crippen LogP contribution in [-0.2, 0) is 16.0 Å². The van der Waals surface area contributed by atoms with Crippen molar-refractivity contribution in [2.45, 2.75) is 45.2 Å². The Morgan fingerprint density at radius 3 is 2.39 bits per heavy atom. The van der Waals surface area contributed by atoms with Crippen LogP contribution >= 0.6 is 0 Å². The Morgan fingerprint density at radius 1 is 0.895 bits per heavy atom. The maximum Gasteiger partial charge on any atom is 0.261 e. The van der Waals surface area contributed by atoms with Crippen LogP contribution in [0, 0.1) is 5.92 Å². The molecule has 0 fully saturated rings. The highest BCUT2D eigenvalue weighted by Crippen LogP contribution is 2.43. The van der Waals surface area contributed by atoms with Gasteiger partial charge in [-0.3, -0.25) is 25.2 Å². The topological polar surface area (TPSA) is 94.3 Å². The van der Waals surface area contributed by atoms with Crippen LogP contribution in [0.1, 0.15) is 59.8 Å². The molecule has 0 aliphatic carbocycles. The van der Waals surface area contributed by atoms with Crippen molar-refractivity contribution in [3.8, 4) is 0 Å². The molecule has 0 saturated carbocycles. The van der Waals surface area contributed by atoms with Gasteiger partial charge in [-0.25, -0.2) is 0 Å². The predicted molar refractivity (Wildman–Crippen MR) is 147 cm³/mol. The number of hydrazine groups is 1. The summed E-state index contributed by atoms with van der Waals surface area (Å²) in [6, 6.07) is 24.0. The van der Waals surface area contributed by atoms with Gasteiger partial charge in [-0.1, -0.05) is 80.6 Å². The molecular formula is C31H32N4O3. The van der Waals surface area contributed by atoms with E-state index in [-0.39, 0.29) is 24.2 Å². The number of amides is 3. The smallest absolute Gasteiger partial charge is 0.261 e. The van der Waals surface area contributed by atoms with Crippen LogP contribution in [0.2, 0.25) is 0 Å². The number of benzene rings is 3. The molecule has 2 heterocycles. The maximum atomic E-state index is 13.8. The molecule has 1 aliphatic heterocycles. The summed E-state index contributed by atoms with van der Waals surface area (Å²) in [5.41, 5.74) is 9.59. The molecule has 194 valence electrons. The lowest BCUT2D eigenvalue weighted by Crippen LogP contribution is -2.53. The average molecular weight is 509 g/mol. The third-order valence-electron chi connectivity index (χ3n) is 7.06. The number of carbonyl (C=O) groups excluding carboxylic acids is 3. The number of nitrogens with zero attached hydrogens (tertiary/aromatic N) is 1. The van der Waals surface area contributed by atoms with Crippen molar-refractivity contribution >= 4 is 28.6 Å². The van der Waals surface area contributed by atoms with Crippen LogP contribution in [0.25, 0.3) is 10.9 Å². The molecule has 38 heavy (non-hydrogen) atoms. The van der Waals surface area contributed by atoms with E-state index in [1.165, 1.54) is 0 Å². The summed E-state index contributed by atoms with van der Waals surface area (Å²) in [6.45, 7) is 4.04. The van der Waals surface area contributed by atoms with Gasteiger partial charge < -0.3 is 9.88 Å². The molecule has 4 aromatic rings. The van der Waals surface area contributed by atoms with Crippen LogP contribution in [-0.4, -0.2) is 33.6 Å². The van der Waals surface area contributed by atoms with Crippen LogP contribution < -0.4 is 10.9 Å². The molecule has 7 nitrogen and oxygen atoms in total. The molecule has 0 spiro atoms. The second kappa shape index (κ2) is 10.9. The first-order valence-electron chi connectivity index (χ1n) is 13.0. The Balaban J connectivity index is 1.41. The molecule has 0 saturated heterocycles. The number of rotatable bonds is 8. The van der Waals surface area contributed by atoms with Crippen molar-refractivity contribution in [3.05, 3.63) is 107 Å². The van der Waals surface area contributed by atoms with Crippen molar-refractivity contribution < 1.29 is 14.4 Å². The van der Waals surface area contributed by atoms with Crippen molar-refractivity contribution in [1.29, 1.82) is 0 Å². The lowest BCUT2D eigenvalue weighted by molar-refractivity contribution is -0.132. The second-order valence-corrected chi connectivity index (χ2v) is 10.2. The third-order valence-corrected chi connectivity index (χ3v) is 7.06. The number of aromatic nitrogens is 1. The highest BCUT2D eigenvalue weighted by molar-refractivity contribution is 6.03. The average Bonchev–Trinajstić information content (AvgIpc) is 3.48. The summed E-state index contributed by atoms with van der Waals surface area (Å²) in [7, 11) is 0. The van der Waals surface area contributed by atoms with E-state index in [4.69, 9.17) is 0 Å². The minimum absolute atomic E-state index is 0.139. The van der Waals surface area contributed by atoms with E-state index in [2.05, 4.69) is 15.8 Å². The molecule has 0 bridgehead atoms. The minimum Gasteiger partial charge on any atom is -0.361 e. The molecule has 3 aromatic carbocycles. The zero-order valence-corrected chi connectivity index (χ0v) is 21.6. The zero-order valence-electron chi connectivity index (χ0n) is 21.6. The largest absolute Gasteiger partial charge is 0.361 e. The summed E-state index contributed by atoms with van der Waals surface area (Å²) < 4.78 is 0. The van der Waals surface area contributed by atoms with Gasteiger partial charge in [0.05, 0.1) is 6.04 Å². The van der Waals surface area contributed by atoms with Crippen molar-refractivity contribution in [3.63, 3.8) is 0 Å². The van der Waals surface area contributed by atoms with Crippen LogP contribution in [0.4, 0.5) is 0 Å². The number of H-pyrrole nitrogens is 1. The molecule has 7 heteroatoms. The monoisotopic (exact) mass is 508 g/mol. The van der Waals surface area contributed by atoms with Crippen LogP contribution in [0.5, 0.6) is 0 Å². The SMILES string of the molecule is CC(C)CC(C(=O)NNC(=O)CCc1ccccc1)N1C(=O)c2ccccc2C1c1c[nH]c2ccccc12. The normalized spacial score (nSPS) is 15.5. The summed E-state index contributed by atoms with van der Waals surface area (Å²) >= 11 is 0. The Labute approximate surface area is 222 Å². The number of carbonyl (C=O) groups is 3. The Kier molecular flexibility index (Phi) is 7.26. The Morgan fingerprint density at radius 2 is 1.61 bits per heavy atom. The number of para-hydroxylation sites is 1. The fourth-order valence-corrected chi connectivity index (χ4v) is 5.27. The van der Waals surface area contributed by atoms with E-state index in [1.807, 2.05) is 98.9 Å². The first kappa shape index (κ1) is 25.3. The number of aromatic amines is 1. The molecule has 2 atom stereocenters. The fourth-order valence-electron chi connectivity index (χ4n) is 5.27. The van der Waals surface area contributed by atoms with Gasteiger partial charge in [-0.2, -0.15) is 0 Å². The van der Waals surface area contributed by atoms with Gasteiger partial charge in [0.2, 0.25) is 5.91 Å². The van der Waals surface area contributed by atoms with Crippen molar-refractivity contribution in [2.75, 3.05) is 0 Å². The standard InChI is InChI=1S/C31H32N4O3/c1-20(2)18-27(30(37)34-33-28(36)17-16-21-10-4-3-5-11-21)35-29(23-13-6-7-14-24(23)31(35)38)25-19-32-26-15-9-8-12-22(25)26/h3-15,19-20,27,29,32H,16-18H2,1-2H3,(H,33,36)(H,34,37). The predicted octanol–water partition coefficient (Wildman–Crippen LogP) is 4.91. The molecule has 2 unspecified atom stereocenters. The third kappa shape index (κ3) is 5.05. The lowest BCUT2D eigenvalue weighted by Gasteiger charge is -2.33. The number of hydrogen-bond donors (Lipinski definition) is 3. The van der Waals surface area contributed by atoms with E-state index < -0.39 is 18.0 Å². The highest BCUT2D eigenvalue weighted by atomic mass is 16.2. The van der Waals surface area contributed by atoms with Gasteiger partial charge in [0.25, 0.3) is 11.8 Å². The van der Waals surface area contributed by atoms with Crippen LogP contribution in [0.3, 0.4) is 0 Å². The van der Waals surface area contributed by atoms with Gasteiger partial charge >= 0.3 is 0 Å². The molecule has 1 aliphatic rings. The molecule has 1 aromatic heterocycles. The van der Waals surface area contributed by atoms with Gasteiger partial charge in [-0.15, -0.1) is 0 Å². The number of aryl methyl sites for hydroxylation is 1. The summed E-state index contributed by atoms with van der Waals surface area (Å²) in [5.74, 6) is -0.737. The second-order valence-electron chi connectivity index (χ2n) is 10.2. The quantitative estimate of drug-likeness (QED) is 0.295. The molecule has 3 amide bonds.